The van der Waals surface area contributed by atoms with Gasteiger partial charge in [0.15, 0.2) is 0 Å². The maximum absolute atomic E-state index is 12.3. The van der Waals surface area contributed by atoms with E-state index >= 15 is 0 Å². The van der Waals surface area contributed by atoms with Gasteiger partial charge in [0, 0.05) is 12.6 Å². The molecule has 0 aromatic rings. The van der Waals surface area contributed by atoms with Gasteiger partial charge in [-0.3, -0.25) is 4.90 Å². The number of nitrogens with zero attached hydrogens (tertiary/aromatic N) is 1. The lowest BCUT2D eigenvalue weighted by Gasteiger charge is -2.39. The third-order valence-electron chi connectivity index (χ3n) is 3.66. The van der Waals surface area contributed by atoms with Crippen molar-refractivity contribution in [3.05, 3.63) is 0 Å². The van der Waals surface area contributed by atoms with Crippen molar-refractivity contribution < 1.29 is 14.3 Å². The molecule has 0 bridgehead atoms. The molecule has 5 heteroatoms. The predicted octanol–water partition coefficient (Wildman–Crippen LogP) is 2.39. The average molecular weight is 286 g/mol. The fourth-order valence-corrected chi connectivity index (χ4v) is 2.31. The predicted molar refractivity (Wildman–Crippen MR) is 79.6 cm³/mol. The zero-order valence-corrected chi connectivity index (χ0v) is 13.5. The van der Waals surface area contributed by atoms with E-state index in [9.17, 15) is 4.79 Å². The number of amides is 1. The van der Waals surface area contributed by atoms with Crippen LogP contribution in [0.2, 0.25) is 0 Å². The Morgan fingerprint density at radius 1 is 1.50 bits per heavy atom. The molecule has 1 rings (SSSR count). The molecule has 1 amide bonds. The zero-order valence-electron chi connectivity index (χ0n) is 13.5. The van der Waals surface area contributed by atoms with E-state index in [4.69, 9.17) is 15.2 Å². The first-order chi connectivity index (χ1) is 9.24. The standard InChI is InChI=1S/C15H30N2O3/c1-6-11(2)9-12(16)13-10-19-8-7-17(13)14(18)20-15(3,4)5/h11-13H,6-10,16H2,1-5H3. The number of carbonyl (C=O) groups is 1. The van der Waals surface area contributed by atoms with Crippen molar-refractivity contribution in [3.8, 4) is 0 Å². The van der Waals surface area contributed by atoms with Crippen molar-refractivity contribution in [2.75, 3.05) is 19.8 Å². The van der Waals surface area contributed by atoms with Crippen LogP contribution in [0.15, 0.2) is 0 Å². The molecule has 0 aliphatic carbocycles. The van der Waals surface area contributed by atoms with E-state index < -0.39 is 5.60 Å². The molecule has 118 valence electrons. The second-order valence-corrected chi connectivity index (χ2v) is 6.73. The van der Waals surface area contributed by atoms with Gasteiger partial charge in [-0.1, -0.05) is 20.3 Å². The van der Waals surface area contributed by atoms with Gasteiger partial charge in [0.05, 0.1) is 19.3 Å². The molecule has 0 aromatic heterocycles. The number of rotatable bonds is 4. The Balaban J connectivity index is 2.68. The highest BCUT2D eigenvalue weighted by molar-refractivity contribution is 5.68. The number of hydrogen-bond donors (Lipinski definition) is 1. The molecular formula is C15H30N2O3. The van der Waals surface area contributed by atoms with Crippen LogP contribution in [0.4, 0.5) is 4.79 Å². The fraction of sp³-hybridized carbons (Fsp3) is 0.933. The molecule has 1 heterocycles. The Labute approximate surface area is 122 Å². The molecule has 0 aromatic carbocycles. The van der Waals surface area contributed by atoms with Crippen LogP contribution >= 0.6 is 0 Å². The van der Waals surface area contributed by atoms with Gasteiger partial charge in [-0.05, 0) is 33.1 Å². The molecule has 20 heavy (non-hydrogen) atoms. The van der Waals surface area contributed by atoms with Gasteiger partial charge < -0.3 is 15.2 Å². The number of hydrogen-bond acceptors (Lipinski definition) is 4. The molecule has 1 saturated heterocycles. The monoisotopic (exact) mass is 286 g/mol. The molecule has 1 aliphatic heterocycles. The van der Waals surface area contributed by atoms with Crippen LogP contribution in [-0.4, -0.2) is 48.4 Å². The highest BCUT2D eigenvalue weighted by Crippen LogP contribution is 2.19. The molecule has 0 saturated carbocycles. The summed E-state index contributed by atoms with van der Waals surface area (Å²) < 4.78 is 11.0. The minimum atomic E-state index is -0.485. The minimum Gasteiger partial charge on any atom is -0.444 e. The zero-order chi connectivity index (χ0) is 15.3. The van der Waals surface area contributed by atoms with Crippen LogP contribution in [0.3, 0.4) is 0 Å². The number of carbonyl (C=O) groups excluding carboxylic acids is 1. The molecule has 5 nitrogen and oxygen atoms in total. The van der Waals surface area contributed by atoms with Gasteiger partial charge >= 0.3 is 6.09 Å². The molecule has 3 atom stereocenters. The van der Waals surface area contributed by atoms with E-state index in [0.29, 0.717) is 25.7 Å². The van der Waals surface area contributed by atoms with Crippen LogP contribution in [0.5, 0.6) is 0 Å². The van der Waals surface area contributed by atoms with Crippen LogP contribution in [0.1, 0.15) is 47.5 Å². The summed E-state index contributed by atoms with van der Waals surface area (Å²) in [6.45, 7) is 11.6. The number of nitrogens with two attached hydrogens (primary N) is 1. The maximum atomic E-state index is 12.3. The van der Waals surface area contributed by atoms with Crippen LogP contribution in [-0.2, 0) is 9.47 Å². The smallest absolute Gasteiger partial charge is 0.410 e. The normalized spacial score (nSPS) is 23.3. The Bertz CT molecular complexity index is 315. The first-order valence-electron chi connectivity index (χ1n) is 7.57. The van der Waals surface area contributed by atoms with Gasteiger partial charge in [-0.2, -0.15) is 0 Å². The third-order valence-corrected chi connectivity index (χ3v) is 3.66. The minimum absolute atomic E-state index is 0.0715. The SMILES string of the molecule is CCC(C)CC(N)C1COCCN1C(=O)OC(C)(C)C. The van der Waals surface area contributed by atoms with Crippen molar-refractivity contribution in [1.29, 1.82) is 0 Å². The summed E-state index contributed by atoms with van der Waals surface area (Å²) in [4.78, 5) is 14.0. The van der Waals surface area contributed by atoms with Crippen molar-refractivity contribution >= 4 is 6.09 Å². The second-order valence-electron chi connectivity index (χ2n) is 6.73. The topological polar surface area (TPSA) is 64.8 Å². The van der Waals surface area contributed by atoms with E-state index in [1.54, 1.807) is 4.90 Å². The lowest BCUT2D eigenvalue weighted by Crippen LogP contribution is -2.57. The van der Waals surface area contributed by atoms with Crippen molar-refractivity contribution in [2.24, 2.45) is 11.7 Å². The quantitative estimate of drug-likeness (QED) is 0.862. The van der Waals surface area contributed by atoms with Gasteiger partial charge in [0.1, 0.15) is 5.60 Å². The van der Waals surface area contributed by atoms with E-state index in [0.717, 1.165) is 12.8 Å². The Morgan fingerprint density at radius 3 is 2.70 bits per heavy atom. The summed E-state index contributed by atoms with van der Waals surface area (Å²) in [5.41, 5.74) is 5.80. The maximum Gasteiger partial charge on any atom is 0.410 e. The van der Waals surface area contributed by atoms with Crippen molar-refractivity contribution in [3.63, 3.8) is 0 Å². The van der Waals surface area contributed by atoms with Crippen LogP contribution in [0, 0.1) is 5.92 Å². The van der Waals surface area contributed by atoms with E-state index in [-0.39, 0.29) is 18.2 Å². The van der Waals surface area contributed by atoms with Gasteiger partial charge in [-0.25, -0.2) is 4.79 Å². The molecule has 3 unspecified atom stereocenters. The Kier molecular flexibility index (Phi) is 6.27. The largest absolute Gasteiger partial charge is 0.444 e. The third kappa shape index (κ3) is 5.29. The lowest BCUT2D eigenvalue weighted by molar-refractivity contribution is -0.0394. The Morgan fingerprint density at radius 2 is 2.15 bits per heavy atom. The first-order valence-corrected chi connectivity index (χ1v) is 7.57. The van der Waals surface area contributed by atoms with Crippen molar-refractivity contribution in [1.82, 2.24) is 4.90 Å². The fourth-order valence-electron chi connectivity index (χ4n) is 2.31. The molecule has 0 radical (unpaired) electrons. The van der Waals surface area contributed by atoms with E-state index in [2.05, 4.69) is 13.8 Å². The van der Waals surface area contributed by atoms with Crippen molar-refractivity contribution in [2.45, 2.75) is 65.1 Å². The molecule has 0 spiro atoms. The molecule has 2 N–H and O–H groups in total. The van der Waals surface area contributed by atoms with E-state index in [1.807, 2.05) is 20.8 Å². The molecule has 1 fully saturated rings. The number of morpholine rings is 1. The summed E-state index contributed by atoms with van der Waals surface area (Å²) in [5.74, 6) is 0.549. The summed E-state index contributed by atoms with van der Waals surface area (Å²) in [6.07, 6.45) is 1.70. The second kappa shape index (κ2) is 7.27. The molecular weight excluding hydrogens is 256 g/mol. The van der Waals surface area contributed by atoms with Gasteiger partial charge in [0.25, 0.3) is 0 Å². The molecule has 1 aliphatic rings. The average Bonchev–Trinajstić information content (AvgIpc) is 2.36. The highest BCUT2D eigenvalue weighted by atomic mass is 16.6. The highest BCUT2D eigenvalue weighted by Gasteiger charge is 2.34. The van der Waals surface area contributed by atoms with E-state index in [1.165, 1.54) is 0 Å². The summed E-state index contributed by atoms with van der Waals surface area (Å²) in [5, 5.41) is 0. The number of ether oxygens (including phenoxy) is 2. The first kappa shape index (κ1) is 17.2. The summed E-state index contributed by atoms with van der Waals surface area (Å²) in [6, 6.07) is -0.162. The summed E-state index contributed by atoms with van der Waals surface area (Å²) >= 11 is 0. The van der Waals surface area contributed by atoms with Gasteiger partial charge in [0.2, 0.25) is 0 Å². The summed E-state index contributed by atoms with van der Waals surface area (Å²) in [7, 11) is 0. The van der Waals surface area contributed by atoms with Crippen LogP contribution < -0.4 is 5.73 Å². The van der Waals surface area contributed by atoms with Gasteiger partial charge in [-0.15, -0.1) is 0 Å². The van der Waals surface area contributed by atoms with Crippen LogP contribution in [0.25, 0.3) is 0 Å². The lowest BCUT2D eigenvalue weighted by atomic mass is 9.94. The Hall–Kier alpha value is -0.810.